The number of aromatic nitrogens is 6. The standard InChI is InChI=1S/C10H13N.C9H14N2.C8H12N2.C8H14N2.C8H12N2.C8H11N.2C6H11N3.C6H10N2.4C2H6.42W/c1-7-9-5-3-4-6-10(9)8(2)11-7;1-6-7(2)10-9(4)11(5)8(6)3;1-6-7-4-2-3-5-8(7)10-9-6;1-6-8(3,4)10(5)7(2)9-6;1-5-6(2)8(4)10-9-7(5)3;1-5-6(2)8(4)9-7(5)3;1-5-7-6(2)9(4)8(5)3;1-5-4-6(7)9(3)8(5)2;1-4-5(2)7-8-6(4)3;4*1-2;;;;;;;;;;;;;;;;;;;;;;;;;;;;;;;;;;;;;;;;;;/h11H,1-6H2;10H,2,4H2,1,3,5H3;2-5H2,1H3,(H,9,10);9H,1-2H2,3-5H3;9H,3H2,1-2,4H3;9H,3-4H2,1-2H3;7H,1-2H2,3-4H3;7H,1,4H2,2-3H3;1-3H3,(H,7,8);4*1-2H3;;;;;;;;;;;;;;;;;;;;;;;;;;;;;;;;;;;;;;;;;;. The second-order valence-corrected chi connectivity index (χ2v) is 23.4. The Morgan fingerprint density at radius 3 is 0.825 bits per heavy atom. The van der Waals surface area contributed by atoms with Crippen LogP contribution < -0.4 is 42.8 Å². The van der Waals surface area contributed by atoms with Crippen molar-refractivity contribution in [3.63, 3.8) is 0 Å². The van der Waals surface area contributed by atoms with E-state index in [1.54, 1.807) is 5.01 Å². The number of hydrogen-bond donors (Lipinski definition) is 9. The van der Waals surface area contributed by atoms with Crippen LogP contribution in [0.4, 0.5) is 0 Å². The summed E-state index contributed by atoms with van der Waals surface area (Å²) in [6, 6.07) is 0. The first-order chi connectivity index (χ1) is 44.4. The Morgan fingerprint density at radius 1 is 0.314 bits per heavy atom. The van der Waals surface area contributed by atoms with Crippen LogP contribution in [0.3, 0.4) is 0 Å². The maximum atomic E-state index is 7.34. The first-order valence-electron chi connectivity index (χ1n) is 33.6. The fourth-order valence-electron chi connectivity index (χ4n) is 9.27. The van der Waals surface area contributed by atoms with E-state index in [2.05, 4.69) is 182 Å². The van der Waals surface area contributed by atoms with Crippen LogP contribution in [0.25, 0.3) is 26.3 Å². The second kappa shape index (κ2) is 171. The van der Waals surface area contributed by atoms with E-state index >= 15 is 0 Å². The summed E-state index contributed by atoms with van der Waals surface area (Å²) in [5, 5.41) is 46.3. The number of H-pyrrole nitrogens is 4. The summed E-state index contributed by atoms with van der Waals surface area (Å²) in [6.45, 7) is 88.8. The third-order valence-electron chi connectivity index (χ3n) is 17.6. The molecule has 4 aromatic rings. The van der Waals surface area contributed by atoms with Crippen LogP contribution in [-0.4, -0.2) is 120 Å². The van der Waals surface area contributed by atoms with Gasteiger partial charge in [0.1, 0.15) is 23.3 Å². The molecule has 137 heavy (non-hydrogen) atoms. The van der Waals surface area contributed by atoms with Gasteiger partial charge in [0.15, 0.2) is 0 Å². The number of fused-ring (bicyclic) bond motifs is 2. The van der Waals surface area contributed by atoms with Gasteiger partial charge in [-0.15, -0.1) is 0 Å². The molecule has 0 amide bonds. The van der Waals surface area contributed by atoms with Crippen LogP contribution >= 0.6 is 0 Å². The maximum Gasteiger partial charge on any atom is 0.120 e. The number of nitrogens with one attached hydrogen (secondary N) is 9. The molecule has 0 saturated carbocycles. The van der Waals surface area contributed by atoms with Gasteiger partial charge in [-0.05, 0) is 191 Å². The molecule has 0 aromatic carbocycles. The Hall–Kier alpha value is 20.1. The van der Waals surface area contributed by atoms with E-state index in [0.717, 1.165) is 78.9 Å². The number of aromatic amines is 4. The van der Waals surface area contributed by atoms with Crippen molar-refractivity contribution in [3.8, 4) is 0 Å². The van der Waals surface area contributed by atoms with Crippen molar-refractivity contribution in [1.29, 1.82) is 5.41 Å². The first-order valence-corrected chi connectivity index (χ1v) is 33.6. The van der Waals surface area contributed by atoms with Gasteiger partial charge >= 0.3 is 0 Å². The monoisotopic (exact) mass is 9040 g/mol. The third-order valence-corrected chi connectivity index (χ3v) is 17.6. The molecule has 9 heterocycles. The summed E-state index contributed by atoms with van der Waals surface area (Å²) in [5.41, 5.74) is 25.5. The molecule has 782 valence electrons. The van der Waals surface area contributed by atoms with Gasteiger partial charge in [0, 0.05) is 989 Å². The Bertz CT molecular complexity index is 3500. The fourth-order valence-corrected chi connectivity index (χ4v) is 9.27. The number of aryl methyl sites for hydroxylation is 4. The van der Waals surface area contributed by atoms with E-state index in [1.165, 1.54) is 124 Å². The van der Waals surface area contributed by atoms with Crippen molar-refractivity contribution in [2.75, 3.05) is 42.3 Å². The van der Waals surface area contributed by atoms with Crippen LogP contribution in [0.1, 0.15) is 192 Å². The molecule has 0 atom stereocenters. The maximum absolute atomic E-state index is 7.34. The number of hydrazine groups is 2. The molecule has 11 rings (SSSR count). The predicted molar refractivity (Wildman–Crippen MR) is 415 cm³/mol. The topological polar surface area (TPSA) is 193 Å². The Kier molecular flexibility index (Phi) is 374. The van der Waals surface area contributed by atoms with Gasteiger partial charge in [0.25, 0.3) is 0 Å². The van der Waals surface area contributed by atoms with Gasteiger partial charge in [-0.2, -0.15) is 15.3 Å². The van der Waals surface area contributed by atoms with Gasteiger partial charge in [-0.25, -0.2) is 0 Å². The summed E-state index contributed by atoms with van der Waals surface area (Å²) in [4.78, 5) is 10.3. The molecule has 4 aromatic heterocycles. The summed E-state index contributed by atoms with van der Waals surface area (Å²) in [6.07, 6.45) is 10.8. The number of amidine groups is 1. The van der Waals surface area contributed by atoms with Crippen molar-refractivity contribution >= 4 is 37.9 Å². The summed E-state index contributed by atoms with van der Waals surface area (Å²) in [7, 11) is 11.6. The zero-order valence-electron chi connectivity index (χ0n) is 82.0. The van der Waals surface area contributed by atoms with Crippen LogP contribution in [0.5, 0.6) is 0 Å². The molecule has 0 bridgehead atoms. The smallest absolute Gasteiger partial charge is 0.120 e. The summed E-state index contributed by atoms with van der Waals surface area (Å²) in [5.74, 6) is 4.15. The van der Waals surface area contributed by atoms with E-state index in [0.29, 0.717) is 12.3 Å². The minimum atomic E-state index is 0. The number of nitrogens with zero attached hydrogens (tertiary/aromatic N) is 9. The molecular weight excluding hydrogens is 8900 g/mol. The molecule has 3 saturated heterocycles. The number of hydrazone groups is 1. The Morgan fingerprint density at radius 2 is 0.620 bits per heavy atom. The quantitative estimate of drug-likeness (QED) is 0.0811. The van der Waals surface area contributed by atoms with Crippen molar-refractivity contribution < 1.29 is 885 Å². The number of likely N-dealkylation sites (N-methyl/N-ethyl adjacent to an activating group) is 1. The third kappa shape index (κ3) is 113. The molecule has 0 unspecified atom stereocenters. The molecule has 0 spiro atoms. The SMILES string of the molecule is C=C1CC(=N)N(C)N1C.C=C1NC(=C)C(C)(C)N1C.C=C1NC(=C)N(C)C(C)=C1C.C=C1NC(=C)N(C)N1C.C=C1NN=C(C)C(C)=C1C.C=c1[nH]c(=C)c(C)c1C.C=c1[nH]c(=C)c2c1CCCC2.CC.CC.CC.CC.Cc1[nH]nc2c1CCCC2.Cc1n[nH]c(C)c1C.[W].[W].[W].[W].[W].[W].[W].[W].[W].[W].[W].[W].[W].[W].[W].[W].[W].[W].[W].[W].[W].[W].[W].[W].[W].[W].[W].[W].[W].[W].[W].[W].[W].[W].[W].[W].[W].[W].[W].[W].[W].[W]. The molecule has 2 aliphatic carbocycles. The average Bonchev–Trinajstić information content (AvgIpc) is 1.69. The zero-order valence-corrected chi connectivity index (χ0v) is 205. The van der Waals surface area contributed by atoms with Crippen LogP contribution in [0.2, 0.25) is 0 Å². The van der Waals surface area contributed by atoms with E-state index in [-0.39, 0.29) is 890 Å². The number of hydrogen-bond acceptors (Lipinski definition) is 13. The van der Waals surface area contributed by atoms with E-state index in [1.807, 2.05) is 166 Å². The Labute approximate surface area is 1430 Å². The molecule has 0 radical (unpaired) electrons. The van der Waals surface area contributed by atoms with E-state index in [9.17, 15) is 0 Å². The van der Waals surface area contributed by atoms with Gasteiger partial charge in [0.2, 0.25) is 0 Å². The Balaban J connectivity index is -0.0000000161. The molecule has 3 fully saturated rings. The van der Waals surface area contributed by atoms with Crippen LogP contribution in [-0.2, 0) is 910 Å². The van der Waals surface area contributed by atoms with Gasteiger partial charge < -0.3 is 35.7 Å². The fraction of sp³-hybridized carbons (Fsp3) is 0.481. The van der Waals surface area contributed by atoms with Gasteiger partial charge in [-0.3, -0.25) is 41.1 Å². The minimum absolute atomic E-state index is 0. The molecule has 5 aliphatic heterocycles. The summed E-state index contributed by atoms with van der Waals surface area (Å²) >= 11 is 0. The van der Waals surface area contributed by atoms with Crippen molar-refractivity contribution in [2.45, 2.75) is 209 Å². The average molecular weight is 9030 g/mol. The van der Waals surface area contributed by atoms with E-state index in [4.69, 9.17) is 5.41 Å². The number of rotatable bonds is 0. The molecule has 9 N–H and O–H groups in total. The number of allylic oxidation sites excluding steroid dienone is 4. The summed E-state index contributed by atoms with van der Waals surface area (Å²) < 4.78 is 0. The molecule has 60 heteroatoms. The van der Waals surface area contributed by atoms with Gasteiger partial charge in [-0.1, -0.05) is 134 Å². The van der Waals surface area contributed by atoms with Crippen LogP contribution in [0, 0.1) is 47.0 Å². The largest absolute Gasteiger partial charge is 0.356 e. The zero-order chi connectivity index (χ0) is 74.3. The predicted octanol–water partition coefficient (Wildman–Crippen LogP) is 14.0. The van der Waals surface area contributed by atoms with Crippen molar-refractivity contribution in [2.24, 2.45) is 5.10 Å². The molecule has 18 nitrogen and oxygen atoms in total. The minimum Gasteiger partial charge on any atom is -0.356 e. The first kappa shape index (κ1) is 299. The normalized spacial score (nSPS) is 11.1. The van der Waals surface area contributed by atoms with Gasteiger partial charge in [0.05, 0.1) is 34.2 Å². The van der Waals surface area contributed by atoms with Crippen molar-refractivity contribution in [1.82, 2.24) is 81.6 Å². The van der Waals surface area contributed by atoms with Crippen molar-refractivity contribution in [3.05, 3.63) is 199 Å². The molecular formula is C77H132N18W42. The van der Waals surface area contributed by atoms with E-state index < -0.39 is 0 Å². The van der Waals surface area contributed by atoms with Crippen LogP contribution in [0.15, 0.2) is 126 Å². The second-order valence-electron chi connectivity index (χ2n) is 23.4. The molecule has 7 aliphatic rings.